The third-order valence-corrected chi connectivity index (χ3v) is 2.60. The van der Waals surface area contributed by atoms with Crippen LogP contribution in [-0.4, -0.2) is 5.16 Å². The van der Waals surface area contributed by atoms with Crippen molar-refractivity contribution in [1.29, 1.82) is 0 Å². The number of hydrogen-bond acceptors (Lipinski definition) is 3. The highest BCUT2D eigenvalue weighted by atomic mass is 79.9. The molecule has 0 aliphatic rings. The SMILES string of the molecule is Cc1c(N)noc1-c1ccc(Br)cc1. The first kappa shape index (κ1) is 9.27. The Morgan fingerprint density at radius 2 is 1.93 bits per heavy atom. The fourth-order valence-corrected chi connectivity index (χ4v) is 1.48. The maximum absolute atomic E-state index is 5.59. The number of nitrogen functional groups attached to an aromatic ring is 1. The van der Waals surface area contributed by atoms with E-state index in [-0.39, 0.29) is 0 Å². The number of nitrogens with zero attached hydrogens (tertiary/aromatic N) is 1. The van der Waals surface area contributed by atoms with Crippen LogP contribution in [0.1, 0.15) is 5.56 Å². The number of hydrogen-bond donors (Lipinski definition) is 1. The zero-order valence-electron chi connectivity index (χ0n) is 7.62. The third kappa shape index (κ3) is 1.53. The minimum absolute atomic E-state index is 0.447. The molecule has 0 unspecified atom stereocenters. The molecule has 1 aromatic carbocycles. The number of halogens is 1. The number of rotatable bonds is 1. The predicted molar refractivity (Wildman–Crippen MR) is 58.8 cm³/mol. The van der Waals surface area contributed by atoms with Crippen LogP contribution in [0.2, 0.25) is 0 Å². The minimum atomic E-state index is 0.447. The molecule has 0 aliphatic carbocycles. The maximum Gasteiger partial charge on any atom is 0.171 e. The Kier molecular flexibility index (Phi) is 2.29. The van der Waals surface area contributed by atoms with Gasteiger partial charge in [-0.2, -0.15) is 0 Å². The van der Waals surface area contributed by atoms with Gasteiger partial charge in [0.2, 0.25) is 0 Å². The van der Waals surface area contributed by atoms with Crippen LogP contribution in [0.25, 0.3) is 11.3 Å². The molecule has 14 heavy (non-hydrogen) atoms. The van der Waals surface area contributed by atoms with Crippen molar-refractivity contribution in [3.05, 3.63) is 34.3 Å². The van der Waals surface area contributed by atoms with E-state index in [1.54, 1.807) is 0 Å². The van der Waals surface area contributed by atoms with Crippen molar-refractivity contribution in [2.24, 2.45) is 0 Å². The Morgan fingerprint density at radius 1 is 1.29 bits per heavy atom. The van der Waals surface area contributed by atoms with Crippen LogP contribution in [0.3, 0.4) is 0 Å². The van der Waals surface area contributed by atoms with E-state index in [0.717, 1.165) is 21.4 Å². The zero-order valence-corrected chi connectivity index (χ0v) is 9.21. The van der Waals surface area contributed by atoms with Crippen LogP contribution in [0.15, 0.2) is 33.3 Å². The van der Waals surface area contributed by atoms with Crippen molar-refractivity contribution < 1.29 is 4.52 Å². The Balaban J connectivity index is 2.49. The molecular formula is C10H9BrN2O. The number of aromatic nitrogens is 1. The lowest BCUT2D eigenvalue weighted by Crippen LogP contribution is -1.86. The van der Waals surface area contributed by atoms with E-state index in [0.29, 0.717) is 5.82 Å². The zero-order chi connectivity index (χ0) is 10.1. The minimum Gasteiger partial charge on any atom is -0.381 e. The van der Waals surface area contributed by atoms with Crippen molar-refractivity contribution in [3.8, 4) is 11.3 Å². The summed E-state index contributed by atoms with van der Waals surface area (Å²) in [6.07, 6.45) is 0. The van der Waals surface area contributed by atoms with E-state index in [2.05, 4.69) is 21.1 Å². The van der Waals surface area contributed by atoms with Gasteiger partial charge in [0.25, 0.3) is 0 Å². The second kappa shape index (κ2) is 3.46. The molecular weight excluding hydrogens is 244 g/mol. The summed E-state index contributed by atoms with van der Waals surface area (Å²) in [5.41, 5.74) is 7.46. The summed E-state index contributed by atoms with van der Waals surface area (Å²) in [6.45, 7) is 1.89. The Hall–Kier alpha value is -1.29. The highest BCUT2D eigenvalue weighted by molar-refractivity contribution is 9.10. The summed E-state index contributed by atoms with van der Waals surface area (Å²) in [6, 6.07) is 7.81. The molecule has 0 saturated carbocycles. The number of anilines is 1. The standard InChI is InChI=1S/C10H9BrN2O/c1-6-9(14-13-10(6)12)7-2-4-8(11)5-3-7/h2-5H,1H3,(H2,12,13). The molecule has 0 atom stereocenters. The average molecular weight is 253 g/mol. The molecule has 0 aliphatic heterocycles. The van der Waals surface area contributed by atoms with E-state index in [9.17, 15) is 0 Å². The molecule has 0 fully saturated rings. The van der Waals surface area contributed by atoms with Crippen molar-refractivity contribution in [2.75, 3.05) is 5.73 Å². The summed E-state index contributed by atoms with van der Waals surface area (Å²) in [5.74, 6) is 1.18. The number of benzene rings is 1. The summed E-state index contributed by atoms with van der Waals surface area (Å²) in [7, 11) is 0. The first-order valence-corrected chi connectivity index (χ1v) is 4.95. The molecule has 1 heterocycles. The highest BCUT2D eigenvalue weighted by Crippen LogP contribution is 2.27. The van der Waals surface area contributed by atoms with Gasteiger partial charge < -0.3 is 10.3 Å². The first-order chi connectivity index (χ1) is 6.68. The molecule has 2 rings (SSSR count). The predicted octanol–water partition coefficient (Wildman–Crippen LogP) is 2.99. The number of nitrogens with two attached hydrogens (primary N) is 1. The largest absolute Gasteiger partial charge is 0.381 e. The van der Waals surface area contributed by atoms with Crippen LogP contribution in [0, 0.1) is 6.92 Å². The molecule has 4 heteroatoms. The average Bonchev–Trinajstić information content (AvgIpc) is 2.50. The van der Waals surface area contributed by atoms with Crippen molar-refractivity contribution >= 4 is 21.7 Å². The summed E-state index contributed by atoms with van der Waals surface area (Å²) in [4.78, 5) is 0. The van der Waals surface area contributed by atoms with Crippen LogP contribution >= 0.6 is 15.9 Å². The van der Waals surface area contributed by atoms with E-state index in [1.807, 2.05) is 31.2 Å². The van der Waals surface area contributed by atoms with Crippen LogP contribution < -0.4 is 5.73 Å². The molecule has 0 radical (unpaired) electrons. The molecule has 1 aromatic heterocycles. The Labute approximate surface area is 90.0 Å². The van der Waals surface area contributed by atoms with E-state index in [4.69, 9.17) is 10.3 Å². The van der Waals surface area contributed by atoms with Crippen LogP contribution in [0.4, 0.5) is 5.82 Å². The van der Waals surface area contributed by atoms with Crippen molar-refractivity contribution in [1.82, 2.24) is 5.16 Å². The lowest BCUT2D eigenvalue weighted by Gasteiger charge is -1.97. The van der Waals surface area contributed by atoms with Gasteiger partial charge in [0.05, 0.1) is 0 Å². The fraction of sp³-hybridized carbons (Fsp3) is 0.100. The van der Waals surface area contributed by atoms with E-state index >= 15 is 0 Å². The van der Waals surface area contributed by atoms with Gasteiger partial charge in [-0.3, -0.25) is 0 Å². The van der Waals surface area contributed by atoms with Gasteiger partial charge in [0.1, 0.15) is 0 Å². The second-order valence-electron chi connectivity index (χ2n) is 3.03. The molecule has 0 saturated heterocycles. The second-order valence-corrected chi connectivity index (χ2v) is 3.94. The van der Waals surface area contributed by atoms with Crippen LogP contribution in [0.5, 0.6) is 0 Å². The molecule has 3 nitrogen and oxygen atoms in total. The highest BCUT2D eigenvalue weighted by Gasteiger charge is 2.10. The Bertz CT molecular complexity index is 448. The van der Waals surface area contributed by atoms with E-state index in [1.165, 1.54) is 0 Å². The molecule has 2 N–H and O–H groups in total. The monoisotopic (exact) mass is 252 g/mol. The normalized spacial score (nSPS) is 10.4. The van der Waals surface area contributed by atoms with Gasteiger partial charge in [0, 0.05) is 15.6 Å². The van der Waals surface area contributed by atoms with Gasteiger partial charge in [-0.1, -0.05) is 33.2 Å². The molecule has 72 valence electrons. The van der Waals surface area contributed by atoms with Crippen molar-refractivity contribution in [2.45, 2.75) is 6.92 Å². The van der Waals surface area contributed by atoms with Gasteiger partial charge >= 0.3 is 0 Å². The maximum atomic E-state index is 5.59. The van der Waals surface area contributed by atoms with Gasteiger partial charge in [-0.25, -0.2) is 0 Å². The summed E-state index contributed by atoms with van der Waals surface area (Å²) < 4.78 is 6.16. The lowest BCUT2D eigenvalue weighted by molar-refractivity contribution is 0.435. The topological polar surface area (TPSA) is 52.0 Å². The summed E-state index contributed by atoms with van der Waals surface area (Å²) in [5, 5.41) is 3.71. The molecule has 2 aromatic rings. The third-order valence-electron chi connectivity index (χ3n) is 2.07. The Morgan fingerprint density at radius 3 is 2.43 bits per heavy atom. The van der Waals surface area contributed by atoms with Gasteiger partial charge in [-0.05, 0) is 19.1 Å². The molecule has 0 bridgehead atoms. The summed E-state index contributed by atoms with van der Waals surface area (Å²) >= 11 is 3.37. The fourth-order valence-electron chi connectivity index (χ4n) is 1.22. The van der Waals surface area contributed by atoms with Gasteiger partial charge in [0.15, 0.2) is 11.6 Å². The van der Waals surface area contributed by atoms with E-state index < -0.39 is 0 Å². The molecule has 0 spiro atoms. The van der Waals surface area contributed by atoms with Gasteiger partial charge in [-0.15, -0.1) is 0 Å². The first-order valence-electron chi connectivity index (χ1n) is 4.16. The van der Waals surface area contributed by atoms with Crippen molar-refractivity contribution in [3.63, 3.8) is 0 Å². The van der Waals surface area contributed by atoms with Crippen LogP contribution in [-0.2, 0) is 0 Å². The molecule has 0 amide bonds. The quantitative estimate of drug-likeness (QED) is 0.849. The smallest absolute Gasteiger partial charge is 0.171 e. The lowest BCUT2D eigenvalue weighted by atomic mass is 10.1.